The summed E-state index contributed by atoms with van der Waals surface area (Å²) in [5.41, 5.74) is -0.00258. The van der Waals surface area contributed by atoms with Gasteiger partial charge < -0.3 is 25.7 Å². The van der Waals surface area contributed by atoms with E-state index >= 15 is 0 Å². The number of carboxylic acids is 2. The summed E-state index contributed by atoms with van der Waals surface area (Å²) in [5, 5.41) is 18.1. The lowest BCUT2D eigenvalue weighted by Crippen LogP contribution is -2.57. The fourth-order valence-electron chi connectivity index (χ4n) is 1.72. The molecule has 2 unspecified atom stereocenters. The summed E-state index contributed by atoms with van der Waals surface area (Å²) in [6.45, 7) is 0. The van der Waals surface area contributed by atoms with Crippen molar-refractivity contribution in [3.8, 4) is 0 Å². The van der Waals surface area contributed by atoms with Crippen LogP contribution in [0.25, 0.3) is 0 Å². The quantitative estimate of drug-likeness (QED) is 0.456. The maximum atomic E-state index is 11.3. The van der Waals surface area contributed by atoms with E-state index < -0.39 is 30.7 Å². The molecule has 0 spiro atoms. The van der Waals surface area contributed by atoms with Crippen LogP contribution in [-0.2, 0) is 19.7 Å². The van der Waals surface area contributed by atoms with Crippen molar-refractivity contribution in [2.45, 2.75) is 11.2 Å². The molecule has 0 radical (unpaired) electrons. The fourth-order valence-corrected chi connectivity index (χ4v) is 2.79. The normalized spacial score (nSPS) is 16.4. The molecular formula is C10H12NO7P. The third kappa shape index (κ3) is 2.82. The predicted octanol–water partition coefficient (Wildman–Crippen LogP) is -0.444. The van der Waals surface area contributed by atoms with Crippen molar-refractivity contribution in [2.75, 3.05) is 0 Å². The molecule has 0 aliphatic heterocycles. The summed E-state index contributed by atoms with van der Waals surface area (Å²) in [4.78, 5) is 40.5. The molecule has 6 N–H and O–H groups in total. The molecule has 2 atom stereocenters. The number of nitrogens with two attached hydrogens (primary N) is 1. The monoisotopic (exact) mass is 289 g/mol. The van der Waals surface area contributed by atoms with Crippen LogP contribution in [-0.4, -0.2) is 37.6 Å². The lowest BCUT2D eigenvalue weighted by atomic mass is 9.87. The van der Waals surface area contributed by atoms with Crippen molar-refractivity contribution in [3.63, 3.8) is 0 Å². The molecule has 0 saturated heterocycles. The summed E-state index contributed by atoms with van der Waals surface area (Å²) in [5.74, 6) is -3.82. The van der Waals surface area contributed by atoms with Crippen molar-refractivity contribution in [1.82, 2.24) is 0 Å². The van der Waals surface area contributed by atoms with Crippen LogP contribution < -0.4 is 5.73 Å². The summed E-state index contributed by atoms with van der Waals surface area (Å²) in [7, 11) is -5.28. The number of carbonyl (C=O) groups is 2. The summed E-state index contributed by atoms with van der Waals surface area (Å²) >= 11 is 0. The molecule has 9 heteroatoms. The van der Waals surface area contributed by atoms with Gasteiger partial charge in [0.1, 0.15) is 0 Å². The van der Waals surface area contributed by atoms with Crippen molar-refractivity contribution in [2.24, 2.45) is 5.73 Å². The van der Waals surface area contributed by atoms with E-state index in [2.05, 4.69) is 0 Å². The van der Waals surface area contributed by atoms with Crippen LogP contribution in [0.15, 0.2) is 30.3 Å². The number of aliphatic carboxylic acids is 2. The standard InChI is InChI=1S/C10H12NO7P/c11-10(9(14)15,6-4-2-1-3-5-6)7(8(12)13)19(16,17)18/h1-5,7H,11H2,(H,12,13)(H,14,15)(H2,16,17,18). The summed E-state index contributed by atoms with van der Waals surface area (Å²) in [6, 6.07) is 6.69. The van der Waals surface area contributed by atoms with Crippen molar-refractivity contribution < 1.29 is 34.2 Å². The Morgan fingerprint density at radius 1 is 1.16 bits per heavy atom. The van der Waals surface area contributed by atoms with Gasteiger partial charge in [-0.05, 0) is 5.56 Å². The number of rotatable bonds is 5. The van der Waals surface area contributed by atoms with Gasteiger partial charge in [-0.25, -0.2) is 4.79 Å². The summed E-state index contributed by atoms with van der Waals surface area (Å²) in [6.07, 6.45) is 0. The van der Waals surface area contributed by atoms with Crippen molar-refractivity contribution >= 4 is 19.5 Å². The second-order valence-corrected chi connectivity index (χ2v) is 5.56. The van der Waals surface area contributed by atoms with E-state index in [9.17, 15) is 14.2 Å². The Balaban J connectivity index is 3.54. The first-order valence-corrected chi connectivity index (χ1v) is 6.65. The Morgan fingerprint density at radius 3 is 1.95 bits per heavy atom. The fraction of sp³-hybridized carbons (Fsp3) is 0.200. The molecule has 1 rings (SSSR count). The minimum atomic E-state index is -5.28. The van der Waals surface area contributed by atoms with Gasteiger partial charge in [0.25, 0.3) is 0 Å². The largest absolute Gasteiger partial charge is 0.480 e. The van der Waals surface area contributed by atoms with Crippen LogP contribution in [0.2, 0.25) is 0 Å². The van der Waals surface area contributed by atoms with E-state index in [0.717, 1.165) is 0 Å². The number of hydrogen-bond acceptors (Lipinski definition) is 4. The summed E-state index contributed by atoms with van der Waals surface area (Å²) < 4.78 is 11.3. The molecular weight excluding hydrogens is 277 g/mol. The number of carboxylic acid groups (broad SMARTS) is 2. The molecule has 0 aliphatic rings. The van der Waals surface area contributed by atoms with Gasteiger partial charge in [-0.3, -0.25) is 9.36 Å². The molecule has 0 fully saturated rings. The van der Waals surface area contributed by atoms with Gasteiger partial charge in [-0.15, -0.1) is 0 Å². The highest BCUT2D eigenvalue weighted by atomic mass is 31.2. The number of hydrogen-bond donors (Lipinski definition) is 5. The molecule has 1 aromatic rings. The zero-order valence-electron chi connectivity index (χ0n) is 9.50. The van der Waals surface area contributed by atoms with E-state index in [0.29, 0.717) is 0 Å². The Kier molecular flexibility index (Phi) is 4.12. The van der Waals surface area contributed by atoms with Gasteiger partial charge in [0.2, 0.25) is 0 Å². The van der Waals surface area contributed by atoms with Crippen LogP contribution in [0, 0.1) is 0 Å². The Hall–Kier alpha value is -1.73. The number of benzene rings is 1. The first-order valence-electron chi connectivity index (χ1n) is 4.97. The SMILES string of the molecule is NC(C(=O)O)(c1ccccc1)C(C(=O)O)P(=O)(O)O. The molecule has 8 nitrogen and oxygen atoms in total. The first-order chi connectivity index (χ1) is 8.61. The van der Waals surface area contributed by atoms with E-state index in [4.69, 9.17) is 25.7 Å². The maximum Gasteiger partial charge on any atom is 0.342 e. The van der Waals surface area contributed by atoms with Gasteiger partial charge in [0, 0.05) is 0 Å². The first kappa shape index (κ1) is 15.3. The Morgan fingerprint density at radius 2 is 1.63 bits per heavy atom. The van der Waals surface area contributed by atoms with E-state index in [1.54, 1.807) is 0 Å². The van der Waals surface area contributed by atoms with Gasteiger partial charge in [-0.2, -0.15) is 0 Å². The average Bonchev–Trinajstić information content (AvgIpc) is 2.27. The lowest BCUT2D eigenvalue weighted by molar-refractivity contribution is -0.150. The minimum absolute atomic E-state index is 0.210. The van der Waals surface area contributed by atoms with Gasteiger partial charge >= 0.3 is 19.5 Å². The van der Waals surface area contributed by atoms with Gasteiger partial charge in [0.05, 0.1) is 0 Å². The minimum Gasteiger partial charge on any atom is -0.480 e. The highest BCUT2D eigenvalue weighted by Crippen LogP contribution is 2.49. The second kappa shape index (κ2) is 5.10. The van der Waals surface area contributed by atoms with Crippen molar-refractivity contribution in [3.05, 3.63) is 35.9 Å². The smallest absolute Gasteiger partial charge is 0.342 e. The van der Waals surface area contributed by atoms with E-state index in [-0.39, 0.29) is 5.56 Å². The van der Waals surface area contributed by atoms with Crippen LogP contribution in [0.1, 0.15) is 5.56 Å². The molecule has 0 amide bonds. The zero-order valence-corrected chi connectivity index (χ0v) is 10.4. The van der Waals surface area contributed by atoms with E-state index in [1.807, 2.05) is 0 Å². The van der Waals surface area contributed by atoms with Gasteiger partial charge in [-0.1, -0.05) is 30.3 Å². The Labute approximate surface area is 107 Å². The topological polar surface area (TPSA) is 158 Å². The third-order valence-electron chi connectivity index (χ3n) is 2.61. The van der Waals surface area contributed by atoms with Crippen LogP contribution >= 0.6 is 7.60 Å². The molecule has 104 valence electrons. The second-order valence-electron chi connectivity index (χ2n) is 3.87. The molecule has 1 aromatic carbocycles. The lowest BCUT2D eigenvalue weighted by Gasteiger charge is -2.31. The highest BCUT2D eigenvalue weighted by Gasteiger charge is 2.56. The van der Waals surface area contributed by atoms with E-state index in [1.165, 1.54) is 30.3 Å². The van der Waals surface area contributed by atoms with Crippen LogP contribution in [0.4, 0.5) is 0 Å². The average molecular weight is 289 g/mol. The van der Waals surface area contributed by atoms with Crippen LogP contribution in [0.3, 0.4) is 0 Å². The predicted molar refractivity (Wildman–Crippen MR) is 63.4 cm³/mol. The molecule has 0 bridgehead atoms. The zero-order chi connectivity index (χ0) is 14.8. The molecule has 0 heterocycles. The van der Waals surface area contributed by atoms with Crippen LogP contribution in [0.5, 0.6) is 0 Å². The van der Waals surface area contributed by atoms with Gasteiger partial charge in [0.15, 0.2) is 11.2 Å². The third-order valence-corrected chi connectivity index (χ3v) is 3.91. The molecule has 0 saturated carbocycles. The maximum absolute atomic E-state index is 11.3. The highest BCUT2D eigenvalue weighted by molar-refractivity contribution is 7.53. The molecule has 19 heavy (non-hydrogen) atoms. The van der Waals surface area contributed by atoms with Crippen molar-refractivity contribution in [1.29, 1.82) is 0 Å². The molecule has 0 aliphatic carbocycles. The Bertz CT molecular complexity index is 540. The molecule has 0 aromatic heterocycles.